The molecule has 6 nitrogen and oxygen atoms in total. The highest BCUT2D eigenvalue weighted by Gasteiger charge is 2.16. The van der Waals surface area contributed by atoms with Crippen LogP contribution in [0, 0.1) is 10.1 Å². The molecule has 0 spiro atoms. The summed E-state index contributed by atoms with van der Waals surface area (Å²) in [5.74, 6) is 0. The number of nitrogens with two attached hydrogens (primary N) is 1. The third-order valence-corrected chi connectivity index (χ3v) is 2.58. The van der Waals surface area contributed by atoms with E-state index >= 15 is 0 Å². The molecule has 0 aliphatic rings. The molecule has 0 aliphatic carbocycles. The van der Waals surface area contributed by atoms with Crippen molar-refractivity contribution in [3.63, 3.8) is 0 Å². The van der Waals surface area contributed by atoms with Gasteiger partial charge >= 0.3 is 0 Å². The Morgan fingerprint density at radius 1 is 1.50 bits per heavy atom. The molecule has 3 N–H and O–H groups in total. The number of nitro groups is 1. The van der Waals surface area contributed by atoms with Crippen molar-refractivity contribution in [3.05, 3.63) is 34.4 Å². The lowest BCUT2D eigenvalue weighted by atomic mass is 10.1. The van der Waals surface area contributed by atoms with Gasteiger partial charge in [0.05, 0.1) is 11.5 Å². The van der Waals surface area contributed by atoms with Gasteiger partial charge in [-0.1, -0.05) is 12.1 Å². The van der Waals surface area contributed by atoms with Gasteiger partial charge in [-0.2, -0.15) is 0 Å². The molecule has 0 aliphatic heterocycles. The lowest BCUT2D eigenvalue weighted by molar-refractivity contribution is -0.384. The van der Waals surface area contributed by atoms with E-state index in [1.165, 1.54) is 6.07 Å². The summed E-state index contributed by atoms with van der Waals surface area (Å²) in [6, 6.07) is 6.62. The van der Waals surface area contributed by atoms with Gasteiger partial charge in [-0.15, -0.1) is 0 Å². The lowest BCUT2D eigenvalue weighted by Crippen LogP contribution is -2.26. The molecule has 0 saturated carbocycles. The second-order valence-corrected chi connectivity index (χ2v) is 4.00. The van der Waals surface area contributed by atoms with Crippen molar-refractivity contribution >= 4 is 11.4 Å². The molecule has 0 bridgehead atoms. The summed E-state index contributed by atoms with van der Waals surface area (Å²) in [5.41, 5.74) is 6.06. The average Bonchev–Trinajstić information content (AvgIpc) is 2.36. The summed E-state index contributed by atoms with van der Waals surface area (Å²) in [5, 5.41) is 14.0. The predicted octanol–water partition coefficient (Wildman–Crippen LogP) is 1.76. The highest BCUT2D eigenvalue weighted by molar-refractivity contribution is 5.61. The van der Waals surface area contributed by atoms with Crippen LogP contribution in [0.5, 0.6) is 0 Å². The largest absolute Gasteiger partial charge is 0.383 e. The fraction of sp³-hybridized carbons (Fsp3) is 0.500. The Morgan fingerprint density at radius 3 is 2.83 bits per heavy atom. The number of rotatable bonds is 8. The van der Waals surface area contributed by atoms with Crippen molar-refractivity contribution in [3.8, 4) is 0 Å². The van der Waals surface area contributed by atoms with Crippen molar-refractivity contribution in [1.82, 2.24) is 0 Å². The van der Waals surface area contributed by atoms with Crippen LogP contribution in [-0.2, 0) is 4.74 Å². The predicted molar refractivity (Wildman–Crippen MR) is 70.7 cm³/mol. The molecular weight excluding hydrogens is 234 g/mol. The fourth-order valence-corrected chi connectivity index (χ4v) is 1.74. The third kappa shape index (κ3) is 4.31. The minimum atomic E-state index is -0.394. The zero-order chi connectivity index (χ0) is 13.4. The third-order valence-electron chi connectivity index (χ3n) is 2.58. The van der Waals surface area contributed by atoms with Gasteiger partial charge in [-0.05, 0) is 25.5 Å². The first-order valence-electron chi connectivity index (χ1n) is 5.88. The number of methoxy groups -OCH3 is 1. The summed E-state index contributed by atoms with van der Waals surface area (Å²) in [6.45, 7) is 1.09. The molecule has 1 aromatic rings. The van der Waals surface area contributed by atoms with E-state index in [1.807, 2.05) is 0 Å². The standard InChI is InChI=1S/C12H19N3O3/c1-18-9-10(5-4-8-13)14-11-6-2-3-7-12(11)15(16)17/h2-3,6-7,10,14H,4-5,8-9,13H2,1H3. The first-order chi connectivity index (χ1) is 8.69. The quantitative estimate of drug-likeness (QED) is 0.544. The van der Waals surface area contributed by atoms with Gasteiger partial charge in [0, 0.05) is 19.2 Å². The minimum Gasteiger partial charge on any atom is -0.383 e. The van der Waals surface area contributed by atoms with Gasteiger partial charge in [0.25, 0.3) is 5.69 Å². The van der Waals surface area contributed by atoms with E-state index in [0.717, 1.165) is 12.8 Å². The van der Waals surface area contributed by atoms with Crippen molar-refractivity contribution in [1.29, 1.82) is 0 Å². The van der Waals surface area contributed by atoms with Crippen LogP contribution in [0.15, 0.2) is 24.3 Å². The maximum Gasteiger partial charge on any atom is 0.292 e. The van der Waals surface area contributed by atoms with Crippen LogP contribution in [0.25, 0.3) is 0 Å². The molecule has 18 heavy (non-hydrogen) atoms. The van der Waals surface area contributed by atoms with Crippen molar-refractivity contribution in [2.75, 3.05) is 25.6 Å². The molecule has 0 fully saturated rings. The molecule has 100 valence electrons. The van der Waals surface area contributed by atoms with Crippen molar-refractivity contribution in [2.24, 2.45) is 5.73 Å². The van der Waals surface area contributed by atoms with Crippen LogP contribution in [0.2, 0.25) is 0 Å². The molecule has 1 rings (SSSR count). The maximum absolute atomic E-state index is 10.9. The highest BCUT2D eigenvalue weighted by atomic mass is 16.6. The molecule has 0 heterocycles. The second kappa shape index (κ2) is 7.62. The molecular formula is C12H19N3O3. The van der Waals surface area contributed by atoms with Gasteiger partial charge in [-0.25, -0.2) is 0 Å². The number of benzene rings is 1. The van der Waals surface area contributed by atoms with Crippen LogP contribution >= 0.6 is 0 Å². The Labute approximate surface area is 106 Å². The molecule has 0 radical (unpaired) electrons. The van der Waals surface area contributed by atoms with Crippen LogP contribution in [0.1, 0.15) is 12.8 Å². The van der Waals surface area contributed by atoms with E-state index in [2.05, 4.69) is 5.32 Å². The Morgan fingerprint density at radius 2 is 2.22 bits per heavy atom. The Balaban J connectivity index is 2.76. The molecule has 1 aromatic carbocycles. The van der Waals surface area contributed by atoms with Crippen LogP contribution in [0.4, 0.5) is 11.4 Å². The van der Waals surface area contributed by atoms with Gasteiger partial charge < -0.3 is 15.8 Å². The van der Waals surface area contributed by atoms with Crippen molar-refractivity contribution in [2.45, 2.75) is 18.9 Å². The Bertz CT molecular complexity index is 385. The number of hydrogen-bond donors (Lipinski definition) is 2. The number of anilines is 1. The highest BCUT2D eigenvalue weighted by Crippen LogP contribution is 2.24. The van der Waals surface area contributed by atoms with Crippen LogP contribution < -0.4 is 11.1 Å². The molecule has 6 heteroatoms. The zero-order valence-electron chi connectivity index (χ0n) is 10.5. The fourth-order valence-electron chi connectivity index (χ4n) is 1.74. The summed E-state index contributed by atoms with van der Waals surface area (Å²) in [4.78, 5) is 10.5. The normalized spacial score (nSPS) is 12.1. The second-order valence-electron chi connectivity index (χ2n) is 4.00. The van der Waals surface area contributed by atoms with Crippen LogP contribution in [0.3, 0.4) is 0 Å². The van der Waals surface area contributed by atoms with Gasteiger partial charge in [0.2, 0.25) is 0 Å². The molecule has 0 saturated heterocycles. The first kappa shape index (κ1) is 14.4. The molecule has 1 unspecified atom stereocenters. The minimum absolute atomic E-state index is 0.0275. The molecule has 0 amide bonds. The zero-order valence-corrected chi connectivity index (χ0v) is 10.5. The van der Waals surface area contributed by atoms with E-state index in [0.29, 0.717) is 18.8 Å². The maximum atomic E-state index is 10.9. The summed E-state index contributed by atoms with van der Waals surface area (Å²) in [6.07, 6.45) is 1.66. The molecule has 1 atom stereocenters. The van der Waals surface area contributed by atoms with E-state index in [4.69, 9.17) is 10.5 Å². The van der Waals surface area contributed by atoms with E-state index in [1.54, 1.807) is 25.3 Å². The summed E-state index contributed by atoms with van der Waals surface area (Å²) < 4.78 is 5.10. The molecule has 0 aromatic heterocycles. The Hall–Kier alpha value is -1.66. The van der Waals surface area contributed by atoms with Crippen LogP contribution in [-0.4, -0.2) is 31.2 Å². The SMILES string of the molecule is COCC(CCCN)Nc1ccccc1[N+](=O)[O-]. The lowest BCUT2D eigenvalue weighted by Gasteiger charge is -2.18. The van der Waals surface area contributed by atoms with Gasteiger partial charge in [0.15, 0.2) is 0 Å². The monoisotopic (exact) mass is 253 g/mol. The van der Waals surface area contributed by atoms with Gasteiger partial charge in [0.1, 0.15) is 5.69 Å². The number of nitrogens with one attached hydrogen (secondary N) is 1. The number of nitro benzene ring substituents is 1. The number of ether oxygens (including phenoxy) is 1. The van der Waals surface area contributed by atoms with E-state index in [-0.39, 0.29) is 11.7 Å². The van der Waals surface area contributed by atoms with E-state index < -0.39 is 4.92 Å². The average molecular weight is 253 g/mol. The number of hydrogen-bond acceptors (Lipinski definition) is 5. The van der Waals surface area contributed by atoms with Crippen molar-refractivity contribution < 1.29 is 9.66 Å². The van der Waals surface area contributed by atoms with Gasteiger partial charge in [-0.3, -0.25) is 10.1 Å². The number of nitrogens with zero attached hydrogens (tertiary/aromatic N) is 1. The summed E-state index contributed by atoms with van der Waals surface area (Å²) >= 11 is 0. The number of para-hydroxylation sites is 2. The first-order valence-corrected chi connectivity index (χ1v) is 5.88. The smallest absolute Gasteiger partial charge is 0.292 e. The topological polar surface area (TPSA) is 90.4 Å². The summed E-state index contributed by atoms with van der Waals surface area (Å²) in [7, 11) is 1.61. The Kier molecular flexibility index (Phi) is 6.10. The van der Waals surface area contributed by atoms with E-state index in [9.17, 15) is 10.1 Å².